The number of fused-ring (bicyclic) bond motifs is 1. The largest absolute Gasteiger partial charge is 0.426 e. The minimum atomic E-state index is -0.956. The summed E-state index contributed by atoms with van der Waals surface area (Å²) in [5.41, 5.74) is -2.92. The fourth-order valence-electron chi connectivity index (χ4n) is 6.02. The number of nitrogens with zero attached hydrogens (tertiary/aromatic N) is 1. The van der Waals surface area contributed by atoms with Crippen LogP contribution in [0, 0.1) is 21.7 Å². The van der Waals surface area contributed by atoms with Crippen molar-refractivity contribution in [2.45, 2.75) is 174 Å². The van der Waals surface area contributed by atoms with Crippen LogP contribution in [0.1, 0.15) is 167 Å². The van der Waals surface area contributed by atoms with Crippen molar-refractivity contribution in [1.29, 1.82) is 0 Å². The summed E-state index contributed by atoms with van der Waals surface area (Å²) < 4.78 is 25.5. The average molecular weight is 818 g/mol. The lowest BCUT2D eigenvalue weighted by atomic mass is 9.97. The van der Waals surface area contributed by atoms with Crippen LogP contribution in [0.4, 0.5) is 0 Å². The number of carbonyl (C=O) groups excluding carboxylic acids is 4. The molecule has 0 aliphatic carbocycles. The lowest BCUT2D eigenvalue weighted by Gasteiger charge is -2.24. The third kappa shape index (κ3) is 14.3. The minimum Gasteiger partial charge on any atom is -0.426 e. The van der Waals surface area contributed by atoms with Crippen molar-refractivity contribution < 1.29 is 38.1 Å². The van der Waals surface area contributed by atoms with E-state index in [-0.39, 0.29) is 34.1 Å². The van der Waals surface area contributed by atoms with E-state index in [0.29, 0.717) is 17.6 Å². The average Bonchev–Trinajstić information content (AvgIpc) is 3.12. The fourth-order valence-corrected chi connectivity index (χ4v) is 6.02. The van der Waals surface area contributed by atoms with Gasteiger partial charge in [-0.3, -0.25) is 24.0 Å². The zero-order valence-electron chi connectivity index (χ0n) is 38.3. The SMILES string of the molecule is CCCCCCCCCCCCCCn1c(-c2ccc(OC(=O)C(C)(C)C)c(OC(=O)C(C)(C)C)c2)c(OC(=O)C(C)(C)C)c(=O)c2ccc(OC(=O)C(C)(C)C)cc21. The highest BCUT2D eigenvalue weighted by molar-refractivity contribution is 5.91. The molecule has 3 rings (SSSR count). The maximum Gasteiger partial charge on any atom is 0.316 e. The molecule has 0 unspecified atom stereocenters. The molecule has 59 heavy (non-hydrogen) atoms. The molecule has 0 N–H and O–H groups in total. The van der Waals surface area contributed by atoms with Gasteiger partial charge in [-0.25, -0.2) is 0 Å². The highest BCUT2D eigenvalue weighted by Gasteiger charge is 2.32. The van der Waals surface area contributed by atoms with Crippen LogP contribution in [-0.2, 0) is 25.7 Å². The van der Waals surface area contributed by atoms with Gasteiger partial charge in [0.1, 0.15) is 5.75 Å². The van der Waals surface area contributed by atoms with Crippen LogP contribution in [0.25, 0.3) is 22.2 Å². The molecule has 0 bridgehead atoms. The Morgan fingerprint density at radius 3 is 1.44 bits per heavy atom. The quantitative estimate of drug-likeness (QED) is 0.0700. The maximum atomic E-state index is 14.6. The predicted octanol–water partition coefficient (Wildman–Crippen LogP) is 12.2. The Labute approximate surface area is 352 Å². The summed E-state index contributed by atoms with van der Waals surface area (Å²) in [4.78, 5) is 67.6. The van der Waals surface area contributed by atoms with Gasteiger partial charge in [0.05, 0.1) is 32.9 Å². The van der Waals surface area contributed by atoms with E-state index in [2.05, 4.69) is 6.92 Å². The second-order valence-corrected chi connectivity index (χ2v) is 19.9. The summed E-state index contributed by atoms with van der Waals surface area (Å²) in [5, 5.41) is 0.273. The molecule has 0 amide bonds. The standard InChI is InChI=1S/C49H71NO9/c1-14-15-16-17-18-19-20-21-22-23-24-25-30-50-36-32-34(56-42(52)46(2,3)4)27-28-35(36)40(51)41(59-45(55)49(11,12)13)39(50)33-26-29-37(57-43(53)47(5,6)7)38(31-33)58-44(54)48(8,9)10/h26-29,31-32H,14-25,30H2,1-13H3. The summed E-state index contributed by atoms with van der Waals surface area (Å²) in [5.74, 6) is -2.11. The van der Waals surface area contributed by atoms with Crippen LogP contribution in [0.15, 0.2) is 41.2 Å². The molecule has 0 aliphatic heterocycles. The van der Waals surface area contributed by atoms with Crippen LogP contribution in [0.5, 0.6) is 23.0 Å². The summed E-state index contributed by atoms with van der Waals surface area (Å²) in [6, 6.07) is 9.53. The first-order valence-electron chi connectivity index (χ1n) is 21.6. The highest BCUT2D eigenvalue weighted by atomic mass is 16.6. The lowest BCUT2D eigenvalue weighted by Crippen LogP contribution is -2.29. The Bertz CT molecular complexity index is 2000. The van der Waals surface area contributed by atoms with E-state index in [1.54, 1.807) is 107 Å². The van der Waals surface area contributed by atoms with Gasteiger partial charge in [0.15, 0.2) is 11.5 Å². The molecule has 1 aromatic heterocycles. The molecule has 1 heterocycles. The summed E-state index contributed by atoms with van der Waals surface area (Å²) in [6.07, 6.45) is 13.9. The summed E-state index contributed by atoms with van der Waals surface area (Å²) in [7, 11) is 0. The molecule has 0 saturated carbocycles. The number of carbonyl (C=O) groups is 4. The van der Waals surface area contributed by atoms with Gasteiger partial charge < -0.3 is 23.5 Å². The van der Waals surface area contributed by atoms with Crippen molar-refractivity contribution in [3.63, 3.8) is 0 Å². The van der Waals surface area contributed by atoms with Crippen molar-refractivity contribution in [3.8, 4) is 34.3 Å². The van der Waals surface area contributed by atoms with Crippen molar-refractivity contribution in [1.82, 2.24) is 4.57 Å². The fraction of sp³-hybridized carbons (Fsp3) is 0.612. The lowest BCUT2D eigenvalue weighted by molar-refractivity contribution is -0.145. The summed E-state index contributed by atoms with van der Waals surface area (Å²) in [6.45, 7) is 23.4. The Balaban J connectivity index is 2.24. The molecule has 3 aromatic rings. The van der Waals surface area contributed by atoms with Gasteiger partial charge in [-0.1, -0.05) is 77.6 Å². The van der Waals surface area contributed by atoms with Gasteiger partial charge in [-0.15, -0.1) is 0 Å². The van der Waals surface area contributed by atoms with Crippen molar-refractivity contribution in [2.75, 3.05) is 0 Å². The van der Waals surface area contributed by atoms with E-state index < -0.39 is 51.0 Å². The number of hydrogen-bond donors (Lipinski definition) is 0. The van der Waals surface area contributed by atoms with E-state index in [1.807, 2.05) is 4.57 Å². The van der Waals surface area contributed by atoms with Gasteiger partial charge in [0.25, 0.3) is 0 Å². The first kappa shape index (κ1) is 48.9. The van der Waals surface area contributed by atoms with E-state index >= 15 is 0 Å². The van der Waals surface area contributed by atoms with Gasteiger partial charge in [-0.2, -0.15) is 0 Å². The molecular weight excluding hydrogens is 747 g/mol. The van der Waals surface area contributed by atoms with Crippen LogP contribution in [0.2, 0.25) is 0 Å². The van der Waals surface area contributed by atoms with Gasteiger partial charge in [0.2, 0.25) is 11.2 Å². The van der Waals surface area contributed by atoms with Gasteiger partial charge in [0, 0.05) is 23.6 Å². The zero-order valence-corrected chi connectivity index (χ0v) is 38.3. The van der Waals surface area contributed by atoms with Crippen LogP contribution >= 0.6 is 0 Å². The Hall–Kier alpha value is -4.47. The van der Waals surface area contributed by atoms with Crippen molar-refractivity contribution in [2.24, 2.45) is 21.7 Å². The van der Waals surface area contributed by atoms with Crippen LogP contribution in [-0.4, -0.2) is 28.4 Å². The van der Waals surface area contributed by atoms with Crippen LogP contribution < -0.4 is 24.4 Å². The molecule has 0 saturated heterocycles. The summed E-state index contributed by atoms with van der Waals surface area (Å²) >= 11 is 0. The molecule has 0 radical (unpaired) electrons. The first-order valence-corrected chi connectivity index (χ1v) is 21.6. The number of esters is 4. The Kier molecular flexibility index (Phi) is 17.1. The number of rotatable bonds is 18. The van der Waals surface area contributed by atoms with Gasteiger partial charge in [-0.05, 0) is 120 Å². The normalized spacial score (nSPS) is 12.4. The van der Waals surface area contributed by atoms with E-state index in [4.69, 9.17) is 18.9 Å². The molecule has 0 fully saturated rings. The van der Waals surface area contributed by atoms with E-state index in [1.165, 1.54) is 63.5 Å². The number of ether oxygens (including phenoxy) is 4. The number of hydrogen-bond acceptors (Lipinski definition) is 9. The highest BCUT2D eigenvalue weighted by Crippen LogP contribution is 2.40. The third-order valence-electron chi connectivity index (χ3n) is 9.91. The molecule has 0 aliphatic rings. The predicted molar refractivity (Wildman–Crippen MR) is 235 cm³/mol. The molecule has 2 aromatic carbocycles. The van der Waals surface area contributed by atoms with E-state index in [9.17, 15) is 24.0 Å². The molecule has 0 spiro atoms. The topological polar surface area (TPSA) is 127 Å². The smallest absolute Gasteiger partial charge is 0.316 e. The molecule has 0 atom stereocenters. The maximum absolute atomic E-state index is 14.6. The van der Waals surface area contributed by atoms with Crippen molar-refractivity contribution in [3.05, 3.63) is 46.6 Å². The third-order valence-corrected chi connectivity index (χ3v) is 9.91. The van der Waals surface area contributed by atoms with Crippen molar-refractivity contribution >= 4 is 34.8 Å². The van der Waals surface area contributed by atoms with Gasteiger partial charge >= 0.3 is 23.9 Å². The van der Waals surface area contributed by atoms with Crippen LogP contribution in [0.3, 0.4) is 0 Å². The number of unbranched alkanes of at least 4 members (excludes halogenated alkanes) is 11. The monoisotopic (exact) mass is 818 g/mol. The number of aromatic nitrogens is 1. The number of aryl methyl sites for hydroxylation is 1. The zero-order chi connectivity index (χ0) is 44.3. The van der Waals surface area contributed by atoms with E-state index in [0.717, 1.165) is 25.7 Å². The second kappa shape index (κ2) is 20.7. The Morgan fingerprint density at radius 2 is 0.949 bits per heavy atom. The second-order valence-electron chi connectivity index (χ2n) is 19.9. The Morgan fingerprint density at radius 1 is 0.508 bits per heavy atom. The first-order chi connectivity index (χ1) is 27.4. The molecular formula is C49H71NO9. The number of benzene rings is 2. The molecule has 326 valence electrons. The minimum absolute atomic E-state index is 0.0199. The number of pyridine rings is 1. The molecule has 10 heteroatoms. The molecule has 10 nitrogen and oxygen atoms in total.